The fraction of sp³-hybridized carbons (Fsp3) is 0.458. The van der Waals surface area contributed by atoms with Gasteiger partial charge in [-0.3, -0.25) is 0 Å². The summed E-state index contributed by atoms with van der Waals surface area (Å²) in [5, 5.41) is 1.29. The van der Waals surface area contributed by atoms with Gasteiger partial charge in [-0.15, -0.1) is 0 Å². The minimum Gasteiger partial charge on any atom is -0.493 e. The number of hydrogen-bond donors (Lipinski definition) is 0. The number of hydrogen-bond acceptors (Lipinski definition) is 7. The standard InChI is InChI=1S/C24H27ClN6O3/c1-24(2)33-20-14(12-32-15-5-7-30-8-6-26-18(30)10-15)9-16(21(20)34-24)31-11-17(29(3)4)19-22(25)27-13-28-23(19)31/h5-8,10-11,13-14,16,20-21H,9,12H2,1-4H3. The first-order valence-electron chi connectivity index (χ1n) is 11.4. The van der Waals surface area contributed by atoms with Gasteiger partial charge in [-0.25, -0.2) is 15.0 Å². The number of nitrogens with zero attached hydrogens (tertiary/aromatic N) is 6. The average Bonchev–Trinajstić information content (AvgIpc) is 3.53. The third-order valence-corrected chi connectivity index (χ3v) is 7.05. The summed E-state index contributed by atoms with van der Waals surface area (Å²) >= 11 is 6.49. The first-order chi connectivity index (χ1) is 16.3. The van der Waals surface area contributed by atoms with Crippen LogP contribution in [-0.4, -0.2) is 62.6 Å². The molecule has 34 heavy (non-hydrogen) atoms. The van der Waals surface area contributed by atoms with Crippen molar-refractivity contribution in [2.75, 3.05) is 25.6 Å². The van der Waals surface area contributed by atoms with Crippen molar-refractivity contribution < 1.29 is 14.2 Å². The Hall–Kier alpha value is -2.88. The zero-order valence-electron chi connectivity index (χ0n) is 19.6. The molecule has 5 heterocycles. The molecule has 1 saturated carbocycles. The van der Waals surface area contributed by atoms with E-state index in [1.807, 2.05) is 61.8 Å². The van der Waals surface area contributed by atoms with Gasteiger partial charge in [-0.1, -0.05) is 11.6 Å². The second kappa shape index (κ2) is 7.83. The van der Waals surface area contributed by atoms with E-state index in [9.17, 15) is 0 Å². The van der Waals surface area contributed by atoms with E-state index in [-0.39, 0.29) is 24.2 Å². The van der Waals surface area contributed by atoms with E-state index in [1.165, 1.54) is 6.33 Å². The lowest BCUT2D eigenvalue weighted by atomic mass is 10.1. The van der Waals surface area contributed by atoms with Crippen LogP contribution in [0.3, 0.4) is 0 Å². The Balaban J connectivity index is 1.32. The van der Waals surface area contributed by atoms with Crippen molar-refractivity contribution in [3.05, 3.63) is 48.4 Å². The van der Waals surface area contributed by atoms with Crippen molar-refractivity contribution in [2.45, 2.75) is 44.3 Å². The van der Waals surface area contributed by atoms with Crippen LogP contribution in [0.25, 0.3) is 16.7 Å². The van der Waals surface area contributed by atoms with Crippen LogP contribution in [0.5, 0.6) is 5.75 Å². The number of pyridine rings is 1. The summed E-state index contributed by atoms with van der Waals surface area (Å²) in [7, 11) is 3.98. The van der Waals surface area contributed by atoms with Crippen LogP contribution >= 0.6 is 11.6 Å². The molecule has 0 radical (unpaired) electrons. The van der Waals surface area contributed by atoms with Gasteiger partial charge in [-0.2, -0.15) is 0 Å². The summed E-state index contributed by atoms with van der Waals surface area (Å²) in [6.45, 7) is 4.44. The molecule has 1 aliphatic heterocycles. The van der Waals surface area contributed by atoms with E-state index in [0.717, 1.165) is 34.5 Å². The van der Waals surface area contributed by atoms with Crippen molar-refractivity contribution in [3.8, 4) is 5.75 Å². The van der Waals surface area contributed by atoms with Gasteiger partial charge < -0.3 is 28.1 Å². The van der Waals surface area contributed by atoms with Crippen molar-refractivity contribution in [1.29, 1.82) is 0 Å². The molecule has 178 valence electrons. The number of ether oxygens (including phenoxy) is 3. The Kier molecular flexibility index (Phi) is 4.98. The van der Waals surface area contributed by atoms with Crippen molar-refractivity contribution in [1.82, 2.24) is 23.9 Å². The second-order valence-corrected chi connectivity index (χ2v) is 10.0. The highest BCUT2D eigenvalue weighted by atomic mass is 35.5. The lowest BCUT2D eigenvalue weighted by Gasteiger charge is -2.24. The number of aromatic nitrogens is 5. The third-order valence-electron chi connectivity index (χ3n) is 6.77. The van der Waals surface area contributed by atoms with Crippen LogP contribution in [0.2, 0.25) is 5.15 Å². The molecule has 1 aliphatic carbocycles. The smallest absolute Gasteiger partial charge is 0.163 e. The topological polar surface area (TPSA) is 78.9 Å². The molecular weight excluding hydrogens is 456 g/mol. The van der Waals surface area contributed by atoms with Gasteiger partial charge in [0.25, 0.3) is 0 Å². The molecule has 4 aromatic rings. The molecule has 1 saturated heterocycles. The van der Waals surface area contributed by atoms with Gasteiger partial charge in [0, 0.05) is 50.9 Å². The predicted octanol–water partition coefficient (Wildman–Crippen LogP) is 3.96. The van der Waals surface area contributed by atoms with Crippen molar-refractivity contribution in [2.24, 2.45) is 5.92 Å². The van der Waals surface area contributed by atoms with Crippen LogP contribution in [-0.2, 0) is 9.47 Å². The van der Waals surface area contributed by atoms with E-state index in [0.29, 0.717) is 11.8 Å². The van der Waals surface area contributed by atoms with E-state index in [4.69, 9.17) is 25.8 Å². The lowest BCUT2D eigenvalue weighted by molar-refractivity contribution is -0.161. The molecule has 4 unspecified atom stereocenters. The van der Waals surface area contributed by atoms with Crippen molar-refractivity contribution in [3.63, 3.8) is 0 Å². The lowest BCUT2D eigenvalue weighted by Crippen LogP contribution is -2.29. The molecule has 4 atom stereocenters. The summed E-state index contributed by atoms with van der Waals surface area (Å²) in [4.78, 5) is 15.2. The van der Waals surface area contributed by atoms with Gasteiger partial charge in [-0.05, 0) is 26.3 Å². The van der Waals surface area contributed by atoms with E-state index < -0.39 is 5.79 Å². The first-order valence-corrected chi connectivity index (χ1v) is 11.8. The maximum absolute atomic E-state index is 6.49. The molecule has 0 bridgehead atoms. The molecule has 0 spiro atoms. The number of anilines is 1. The number of imidazole rings is 1. The normalized spacial score (nSPS) is 25.8. The van der Waals surface area contributed by atoms with E-state index in [2.05, 4.69) is 25.7 Å². The number of halogens is 1. The van der Waals surface area contributed by atoms with Crippen LogP contribution < -0.4 is 9.64 Å². The molecule has 10 heteroatoms. The Morgan fingerprint density at radius 1 is 1.18 bits per heavy atom. The molecular formula is C24H27ClN6O3. The maximum atomic E-state index is 6.49. The molecule has 6 rings (SSSR count). The first kappa shape index (κ1) is 21.6. The number of fused-ring (bicyclic) bond motifs is 3. The van der Waals surface area contributed by atoms with Crippen LogP contribution in [0, 0.1) is 5.92 Å². The second-order valence-electron chi connectivity index (χ2n) is 9.67. The molecule has 0 amide bonds. The minimum absolute atomic E-state index is 0.0253. The maximum Gasteiger partial charge on any atom is 0.163 e. The molecule has 2 aliphatic rings. The monoisotopic (exact) mass is 482 g/mol. The quantitative estimate of drug-likeness (QED) is 0.398. The van der Waals surface area contributed by atoms with Gasteiger partial charge in [0.1, 0.15) is 34.6 Å². The molecule has 0 aromatic carbocycles. The van der Waals surface area contributed by atoms with Gasteiger partial charge in [0.2, 0.25) is 0 Å². The largest absolute Gasteiger partial charge is 0.493 e. The molecule has 9 nitrogen and oxygen atoms in total. The summed E-state index contributed by atoms with van der Waals surface area (Å²) < 4.78 is 23.1. The highest BCUT2D eigenvalue weighted by Crippen LogP contribution is 2.49. The SMILES string of the molecule is CN(C)c1cn(C2CC(COc3ccn4ccnc4c3)C3OC(C)(C)OC32)c2ncnc(Cl)c12. The fourth-order valence-electron chi connectivity index (χ4n) is 5.30. The number of rotatable bonds is 5. The fourth-order valence-corrected chi connectivity index (χ4v) is 5.52. The van der Waals surface area contributed by atoms with Crippen LogP contribution in [0.4, 0.5) is 5.69 Å². The zero-order chi connectivity index (χ0) is 23.6. The average molecular weight is 483 g/mol. The molecule has 2 fully saturated rings. The Morgan fingerprint density at radius 3 is 2.82 bits per heavy atom. The summed E-state index contributed by atoms with van der Waals surface area (Å²) in [5.41, 5.74) is 2.63. The van der Waals surface area contributed by atoms with E-state index in [1.54, 1.807) is 6.20 Å². The summed E-state index contributed by atoms with van der Waals surface area (Å²) in [6.07, 6.45) is 9.85. The zero-order valence-corrected chi connectivity index (χ0v) is 20.3. The van der Waals surface area contributed by atoms with Gasteiger partial charge in [0.05, 0.1) is 29.8 Å². The summed E-state index contributed by atoms with van der Waals surface area (Å²) in [6, 6.07) is 3.93. The molecule has 4 aromatic heterocycles. The van der Waals surface area contributed by atoms with Crippen LogP contribution in [0.1, 0.15) is 26.3 Å². The van der Waals surface area contributed by atoms with Gasteiger partial charge in [0.15, 0.2) is 5.79 Å². The van der Waals surface area contributed by atoms with Crippen LogP contribution in [0.15, 0.2) is 43.2 Å². The Labute approximate surface area is 202 Å². The summed E-state index contributed by atoms with van der Waals surface area (Å²) in [5.74, 6) is 0.268. The molecule has 0 N–H and O–H groups in total. The predicted molar refractivity (Wildman–Crippen MR) is 129 cm³/mol. The third kappa shape index (κ3) is 3.50. The highest BCUT2D eigenvalue weighted by molar-refractivity contribution is 6.35. The highest BCUT2D eigenvalue weighted by Gasteiger charge is 2.55. The Bertz CT molecular complexity index is 1370. The van der Waals surface area contributed by atoms with E-state index >= 15 is 0 Å². The van der Waals surface area contributed by atoms with Crippen molar-refractivity contribution >= 4 is 34.0 Å². The minimum atomic E-state index is -0.666. The van der Waals surface area contributed by atoms with Gasteiger partial charge >= 0.3 is 0 Å². The Morgan fingerprint density at radius 2 is 2.00 bits per heavy atom.